The molecule has 0 bridgehead atoms. The summed E-state index contributed by atoms with van der Waals surface area (Å²) in [5.74, 6) is -0.661. The quantitative estimate of drug-likeness (QED) is 0.748. The fourth-order valence-electron chi connectivity index (χ4n) is 2.07. The summed E-state index contributed by atoms with van der Waals surface area (Å²) in [5, 5.41) is 0.353. The highest BCUT2D eigenvalue weighted by Crippen LogP contribution is 2.18. The molecule has 3 rings (SSSR count). The number of benzene rings is 2. The number of nitrogens with zero attached hydrogens (tertiary/aromatic N) is 1. The van der Waals surface area contributed by atoms with Gasteiger partial charge in [0.05, 0.1) is 21.6 Å². The normalized spacial score (nSPS) is 10.9. The van der Waals surface area contributed by atoms with Crippen LogP contribution in [0, 0.1) is 5.82 Å². The molecule has 0 saturated carbocycles. The molecule has 0 atom stereocenters. The maximum Gasteiger partial charge on any atom is 0.333 e. The summed E-state index contributed by atoms with van der Waals surface area (Å²) >= 11 is 5.98. The number of fused-ring (bicyclic) bond motifs is 1. The third-order valence-electron chi connectivity index (χ3n) is 2.97. The van der Waals surface area contributed by atoms with Gasteiger partial charge < -0.3 is 4.98 Å². The van der Waals surface area contributed by atoms with Gasteiger partial charge in [0.25, 0.3) is 5.56 Å². The van der Waals surface area contributed by atoms with Crippen molar-refractivity contribution >= 4 is 22.5 Å². The Hall–Kier alpha value is -2.40. The van der Waals surface area contributed by atoms with Crippen LogP contribution in [0.15, 0.2) is 52.1 Å². The number of hydrogen-bond donors (Lipinski definition) is 1. The fourth-order valence-corrected chi connectivity index (χ4v) is 2.33. The van der Waals surface area contributed by atoms with Crippen LogP contribution in [0.5, 0.6) is 0 Å². The predicted molar refractivity (Wildman–Crippen MR) is 75.1 cm³/mol. The third kappa shape index (κ3) is 1.83. The first-order valence-electron chi connectivity index (χ1n) is 5.78. The van der Waals surface area contributed by atoms with Gasteiger partial charge in [0.2, 0.25) is 0 Å². The van der Waals surface area contributed by atoms with Crippen LogP contribution in [0.3, 0.4) is 0 Å². The molecule has 0 unspecified atom stereocenters. The molecule has 0 aliphatic carbocycles. The molecular weight excluding hydrogens is 283 g/mol. The fraction of sp³-hybridized carbons (Fsp3) is 0. The molecule has 3 aromatic rings. The lowest BCUT2D eigenvalue weighted by Crippen LogP contribution is -2.34. The monoisotopic (exact) mass is 290 g/mol. The molecule has 0 spiro atoms. The lowest BCUT2D eigenvalue weighted by atomic mass is 10.2. The zero-order chi connectivity index (χ0) is 14.3. The van der Waals surface area contributed by atoms with E-state index in [2.05, 4.69) is 4.98 Å². The van der Waals surface area contributed by atoms with Gasteiger partial charge in [-0.05, 0) is 24.3 Å². The van der Waals surface area contributed by atoms with E-state index in [1.807, 2.05) is 0 Å². The second kappa shape index (κ2) is 4.61. The summed E-state index contributed by atoms with van der Waals surface area (Å²) < 4.78 is 14.5. The minimum Gasteiger partial charge on any atom is -0.306 e. The Balaban J connectivity index is 2.50. The second-order valence-electron chi connectivity index (χ2n) is 4.18. The van der Waals surface area contributed by atoms with Crippen LogP contribution in [-0.2, 0) is 0 Å². The third-order valence-corrected chi connectivity index (χ3v) is 3.28. The first-order valence-corrected chi connectivity index (χ1v) is 6.16. The van der Waals surface area contributed by atoms with Crippen molar-refractivity contribution in [3.05, 3.63) is 74.1 Å². The topological polar surface area (TPSA) is 54.9 Å². The van der Waals surface area contributed by atoms with Crippen molar-refractivity contribution in [2.45, 2.75) is 0 Å². The zero-order valence-electron chi connectivity index (χ0n) is 10.1. The molecule has 20 heavy (non-hydrogen) atoms. The Kier molecular flexibility index (Phi) is 2.91. The summed E-state index contributed by atoms with van der Waals surface area (Å²) in [5.41, 5.74) is -1.16. The number of H-pyrrole nitrogens is 1. The van der Waals surface area contributed by atoms with Crippen molar-refractivity contribution in [3.8, 4) is 5.69 Å². The van der Waals surface area contributed by atoms with E-state index >= 15 is 0 Å². The lowest BCUT2D eigenvalue weighted by Gasteiger charge is -2.07. The molecule has 0 radical (unpaired) electrons. The molecule has 0 saturated heterocycles. The Morgan fingerprint density at radius 2 is 1.80 bits per heavy atom. The van der Waals surface area contributed by atoms with Crippen molar-refractivity contribution in [1.82, 2.24) is 9.55 Å². The Labute approximate surface area is 117 Å². The molecule has 0 aliphatic rings. The van der Waals surface area contributed by atoms with Gasteiger partial charge in [-0.1, -0.05) is 29.8 Å². The highest BCUT2D eigenvalue weighted by molar-refractivity contribution is 6.35. The summed E-state index contributed by atoms with van der Waals surface area (Å²) in [6.45, 7) is 0. The van der Waals surface area contributed by atoms with Gasteiger partial charge in [-0.15, -0.1) is 0 Å². The van der Waals surface area contributed by atoms with Crippen LogP contribution in [0.1, 0.15) is 0 Å². The van der Waals surface area contributed by atoms with Gasteiger partial charge in [-0.25, -0.2) is 13.8 Å². The molecule has 1 aromatic heterocycles. The molecule has 4 nitrogen and oxygen atoms in total. The van der Waals surface area contributed by atoms with E-state index in [9.17, 15) is 14.0 Å². The smallest absolute Gasteiger partial charge is 0.306 e. The molecule has 0 fully saturated rings. The standard InChI is InChI=1S/C14H8ClFN2O2/c15-8-4-3-6-10-12(8)13(19)18(14(20)17-10)11-7-2-1-5-9(11)16/h1-7H,(H,17,20). The second-order valence-corrected chi connectivity index (χ2v) is 4.59. The van der Waals surface area contributed by atoms with Crippen molar-refractivity contribution in [3.63, 3.8) is 0 Å². The van der Waals surface area contributed by atoms with Crippen LogP contribution >= 0.6 is 11.6 Å². The zero-order valence-corrected chi connectivity index (χ0v) is 10.8. The molecule has 100 valence electrons. The van der Waals surface area contributed by atoms with Gasteiger partial charge in [0, 0.05) is 0 Å². The van der Waals surface area contributed by atoms with Gasteiger partial charge in [-0.3, -0.25) is 4.79 Å². The highest BCUT2D eigenvalue weighted by Gasteiger charge is 2.14. The van der Waals surface area contributed by atoms with Crippen LogP contribution in [-0.4, -0.2) is 9.55 Å². The van der Waals surface area contributed by atoms with E-state index in [0.717, 1.165) is 4.57 Å². The van der Waals surface area contributed by atoms with Crippen LogP contribution in [0.2, 0.25) is 5.02 Å². The average molecular weight is 291 g/mol. The van der Waals surface area contributed by atoms with E-state index in [4.69, 9.17) is 11.6 Å². The van der Waals surface area contributed by atoms with E-state index < -0.39 is 17.1 Å². The SMILES string of the molecule is O=c1[nH]c2cccc(Cl)c2c(=O)n1-c1ccccc1F. The van der Waals surface area contributed by atoms with Gasteiger partial charge in [-0.2, -0.15) is 0 Å². The predicted octanol–water partition coefficient (Wildman–Crippen LogP) is 2.47. The summed E-state index contributed by atoms with van der Waals surface area (Å²) in [6, 6.07) is 10.3. The van der Waals surface area contributed by atoms with Gasteiger partial charge in [0.15, 0.2) is 0 Å². The number of rotatable bonds is 1. The largest absolute Gasteiger partial charge is 0.333 e. The van der Waals surface area contributed by atoms with E-state index in [0.29, 0.717) is 5.52 Å². The lowest BCUT2D eigenvalue weighted by molar-refractivity contribution is 0.613. The van der Waals surface area contributed by atoms with Crippen molar-refractivity contribution < 1.29 is 4.39 Å². The van der Waals surface area contributed by atoms with E-state index in [1.165, 1.54) is 24.3 Å². The van der Waals surface area contributed by atoms with Gasteiger partial charge in [0.1, 0.15) is 5.82 Å². The summed E-state index contributed by atoms with van der Waals surface area (Å²) in [6.07, 6.45) is 0. The molecular formula is C14H8ClFN2O2. The molecule has 0 aliphatic heterocycles. The molecule has 1 heterocycles. The Morgan fingerprint density at radius 1 is 1.05 bits per heavy atom. The maximum atomic E-state index is 13.8. The number of halogens is 2. The number of para-hydroxylation sites is 1. The minimum absolute atomic E-state index is 0.111. The summed E-state index contributed by atoms with van der Waals surface area (Å²) in [4.78, 5) is 27.0. The number of nitrogens with one attached hydrogen (secondary N) is 1. The van der Waals surface area contributed by atoms with Crippen molar-refractivity contribution in [1.29, 1.82) is 0 Å². The highest BCUT2D eigenvalue weighted by atomic mass is 35.5. The number of aromatic amines is 1. The average Bonchev–Trinajstić information content (AvgIpc) is 2.40. The minimum atomic E-state index is -0.713. The van der Waals surface area contributed by atoms with Crippen molar-refractivity contribution in [2.75, 3.05) is 0 Å². The first-order chi connectivity index (χ1) is 9.59. The number of hydrogen-bond acceptors (Lipinski definition) is 2. The summed E-state index contributed by atoms with van der Waals surface area (Å²) in [7, 11) is 0. The molecule has 6 heteroatoms. The van der Waals surface area contributed by atoms with Crippen LogP contribution < -0.4 is 11.2 Å². The van der Waals surface area contributed by atoms with Gasteiger partial charge >= 0.3 is 5.69 Å². The molecule has 2 aromatic carbocycles. The Morgan fingerprint density at radius 3 is 2.55 bits per heavy atom. The van der Waals surface area contributed by atoms with Crippen LogP contribution in [0.4, 0.5) is 4.39 Å². The van der Waals surface area contributed by atoms with E-state index in [-0.39, 0.29) is 16.1 Å². The molecule has 1 N–H and O–H groups in total. The van der Waals surface area contributed by atoms with Crippen molar-refractivity contribution in [2.24, 2.45) is 0 Å². The first kappa shape index (κ1) is 12.6. The van der Waals surface area contributed by atoms with Crippen LogP contribution in [0.25, 0.3) is 16.6 Å². The van der Waals surface area contributed by atoms with E-state index in [1.54, 1.807) is 18.2 Å². The maximum absolute atomic E-state index is 13.8. The number of aromatic nitrogens is 2. The molecule has 0 amide bonds. The Bertz CT molecular complexity index is 930.